The number of carbonyl (C=O) groups is 1. The number of benzene rings is 2. The van der Waals surface area contributed by atoms with Crippen LogP contribution < -0.4 is 5.32 Å². The second kappa shape index (κ2) is 6.35. The van der Waals surface area contributed by atoms with E-state index in [0.717, 1.165) is 5.56 Å². The Morgan fingerprint density at radius 2 is 2.00 bits per heavy atom. The van der Waals surface area contributed by atoms with Gasteiger partial charge < -0.3 is 5.32 Å². The van der Waals surface area contributed by atoms with Crippen molar-refractivity contribution in [3.8, 4) is 0 Å². The van der Waals surface area contributed by atoms with Gasteiger partial charge in [-0.25, -0.2) is 4.39 Å². The Bertz CT molecular complexity index is 647. The van der Waals surface area contributed by atoms with Gasteiger partial charge in [0.1, 0.15) is 5.82 Å². The highest BCUT2D eigenvalue weighted by molar-refractivity contribution is 6.32. The van der Waals surface area contributed by atoms with Crippen molar-refractivity contribution >= 4 is 29.3 Å². The van der Waals surface area contributed by atoms with Crippen LogP contribution in [0.1, 0.15) is 11.1 Å². The van der Waals surface area contributed by atoms with E-state index in [9.17, 15) is 9.18 Å². The van der Waals surface area contributed by atoms with E-state index in [0.29, 0.717) is 5.69 Å². The van der Waals surface area contributed by atoms with E-state index in [4.69, 9.17) is 11.6 Å². The van der Waals surface area contributed by atoms with Gasteiger partial charge in [0.25, 0.3) is 0 Å². The SMILES string of the molecule is Cc1cccc(NC(=O)/C=C/c2c(F)cccc2Cl)c1. The van der Waals surface area contributed by atoms with Gasteiger partial charge in [0.15, 0.2) is 0 Å². The van der Waals surface area contributed by atoms with Crippen molar-refractivity contribution in [2.45, 2.75) is 6.92 Å². The molecular formula is C16H13ClFNO. The van der Waals surface area contributed by atoms with Crippen LogP contribution in [0.4, 0.5) is 10.1 Å². The number of amides is 1. The highest BCUT2D eigenvalue weighted by Gasteiger charge is 2.04. The second-order valence-corrected chi connectivity index (χ2v) is 4.73. The third-order valence-electron chi connectivity index (χ3n) is 2.69. The molecule has 0 saturated heterocycles. The zero-order chi connectivity index (χ0) is 14.5. The molecule has 0 saturated carbocycles. The van der Waals surface area contributed by atoms with E-state index in [2.05, 4.69) is 5.32 Å². The Labute approximate surface area is 121 Å². The zero-order valence-corrected chi connectivity index (χ0v) is 11.6. The van der Waals surface area contributed by atoms with Crippen LogP contribution in [0.5, 0.6) is 0 Å². The first kappa shape index (κ1) is 14.3. The van der Waals surface area contributed by atoms with Crippen LogP contribution >= 0.6 is 11.6 Å². The summed E-state index contributed by atoms with van der Waals surface area (Å²) in [5.74, 6) is -0.799. The standard InChI is InChI=1S/C16H13ClFNO/c1-11-4-2-5-12(10-11)19-16(20)9-8-13-14(17)6-3-7-15(13)18/h2-10H,1H3,(H,19,20)/b9-8+. The summed E-state index contributed by atoms with van der Waals surface area (Å²) in [6, 6.07) is 11.8. The normalized spacial score (nSPS) is 10.8. The number of carbonyl (C=O) groups excluding carboxylic acids is 1. The number of rotatable bonds is 3. The van der Waals surface area contributed by atoms with Crippen LogP contribution in [-0.4, -0.2) is 5.91 Å². The van der Waals surface area contributed by atoms with Gasteiger partial charge in [-0.15, -0.1) is 0 Å². The van der Waals surface area contributed by atoms with E-state index in [-0.39, 0.29) is 16.5 Å². The Morgan fingerprint density at radius 1 is 1.25 bits per heavy atom. The molecule has 0 unspecified atom stereocenters. The highest BCUT2D eigenvalue weighted by atomic mass is 35.5. The van der Waals surface area contributed by atoms with Crippen molar-refractivity contribution in [3.63, 3.8) is 0 Å². The molecule has 2 aromatic rings. The average Bonchev–Trinajstić information content (AvgIpc) is 2.38. The molecular weight excluding hydrogens is 277 g/mol. The third kappa shape index (κ3) is 3.68. The van der Waals surface area contributed by atoms with E-state index < -0.39 is 5.82 Å². The fraction of sp³-hybridized carbons (Fsp3) is 0.0625. The first-order valence-electron chi connectivity index (χ1n) is 6.06. The van der Waals surface area contributed by atoms with E-state index in [1.807, 2.05) is 25.1 Å². The lowest BCUT2D eigenvalue weighted by molar-refractivity contribution is -0.111. The van der Waals surface area contributed by atoms with Crippen molar-refractivity contribution in [1.29, 1.82) is 0 Å². The molecule has 0 radical (unpaired) electrons. The Morgan fingerprint density at radius 3 is 2.70 bits per heavy atom. The molecule has 0 atom stereocenters. The Balaban J connectivity index is 2.10. The predicted molar refractivity (Wildman–Crippen MR) is 80.3 cm³/mol. The quantitative estimate of drug-likeness (QED) is 0.832. The van der Waals surface area contributed by atoms with Crippen molar-refractivity contribution in [2.75, 3.05) is 5.32 Å². The molecule has 2 nitrogen and oxygen atoms in total. The van der Waals surface area contributed by atoms with Crippen molar-refractivity contribution in [3.05, 3.63) is 70.5 Å². The molecule has 0 bridgehead atoms. The monoisotopic (exact) mass is 289 g/mol. The van der Waals surface area contributed by atoms with Crippen LogP contribution in [0.15, 0.2) is 48.5 Å². The summed E-state index contributed by atoms with van der Waals surface area (Å²) in [5, 5.41) is 2.97. The van der Waals surface area contributed by atoms with Gasteiger partial charge in [0.05, 0.1) is 5.02 Å². The lowest BCUT2D eigenvalue weighted by atomic mass is 10.2. The Hall–Kier alpha value is -2.13. The van der Waals surface area contributed by atoms with Crippen molar-refractivity contribution in [2.24, 2.45) is 0 Å². The number of hydrogen-bond donors (Lipinski definition) is 1. The molecule has 0 aromatic heterocycles. The van der Waals surface area contributed by atoms with Gasteiger partial charge in [-0.05, 0) is 42.8 Å². The van der Waals surface area contributed by atoms with E-state index >= 15 is 0 Å². The third-order valence-corrected chi connectivity index (χ3v) is 3.02. The van der Waals surface area contributed by atoms with Crippen LogP contribution in [0, 0.1) is 12.7 Å². The maximum Gasteiger partial charge on any atom is 0.248 e. The lowest BCUT2D eigenvalue weighted by Crippen LogP contribution is -2.07. The Kier molecular flexibility index (Phi) is 4.53. The molecule has 2 rings (SSSR count). The largest absolute Gasteiger partial charge is 0.323 e. The molecule has 0 aliphatic carbocycles. The van der Waals surface area contributed by atoms with Crippen LogP contribution in [0.2, 0.25) is 5.02 Å². The minimum absolute atomic E-state index is 0.202. The zero-order valence-electron chi connectivity index (χ0n) is 10.9. The van der Waals surface area contributed by atoms with Gasteiger partial charge in [-0.1, -0.05) is 29.8 Å². The predicted octanol–water partition coefficient (Wildman–Crippen LogP) is 4.44. The minimum atomic E-state index is -0.461. The van der Waals surface area contributed by atoms with E-state index in [1.54, 1.807) is 12.1 Å². The molecule has 20 heavy (non-hydrogen) atoms. The number of halogens is 2. The highest BCUT2D eigenvalue weighted by Crippen LogP contribution is 2.20. The summed E-state index contributed by atoms with van der Waals surface area (Å²) >= 11 is 5.87. The molecule has 1 amide bonds. The summed E-state index contributed by atoms with van der Waals surface area (Å²) in [4.78, 5) is 11.8. The summed E-state index contributed by atoms with van der Waals surface area (Å²) in [6.45, 7) is 1.94. The molecule has 2 aromatic carbocycles. The number of nitrogens with one attached hydrogen (secondary N) is 1. The van der Waals surface area contributed by atoms with Gasteiger partial charge in [0.2, 0.25) is 5.91 Å². The lowest BCUT2D eigenvalue weighted by Gasteiger charge is -2.03. The van der Waals surface area contributed by atoms with Gasteiger partial charge in [-0.2, -0.15) is 0 Å². The second-order valence-electron chi connectivity index (χ2n) is 4.33. The summed E-state index contributed by atoms with van der Waals surface area (Å²) in [5.41, 5.74) is 1.94. The van der Waals surface area contributed by atoms with Gasteiger partial charge >= 0.3 is 0 Å². The summed E-state index contributed by atoms with van der Waals surface area (Å²) in [7, 11) is 0. The molecule has 4 heteroatoms. The smallest absolute Gasteiger partial charge is 0.248 e. The van der Waals surface area contributed by atoms with Crippen molar-refractivity contribution < 1.29 is 9.18 Å². The molecule has 0 heterocycles. The number of aryl methyl sites for hydroxylation is 1. The topological polar surface area (TPSA) is 29.1 Å². The number of hydrogen-bond acceptors (Lipinski definition) is 1. The van der Waals surface area contributed by atoms with E-state index in [1.165, 1.54) is 24.3 Å². The molecule has 0 spiro atoms. The van der Waals surface area contributed by atoms with Gasteiger partial charge in [0, 0.05) is 17.3 Å². The van der Waals surface area contributed by atoms with Crippen LogP contribution in [0.3, 0.4) is 0 Å². The molecule has 1 N–H and O–H groups in total. The average molecular weight is 290 g/mol. The fourth-order valence-electron chi connectivity index (χ4n) is 1.74. The first-order chi connectivity index (χ1) is 9.56. The van der Waals surface area contributed by atoms with Crippen LogP contribution in [-0.2, 0) is 4.79 Å². The minimum Gasteiger partial charge on any atom is -0.323 e. The summed E-state index contributed by atoms with van der Waals surface area (Å²) in [6.07, 6.45) is 2.62. The molecule has 0 fully saturated rings. The maximum absolute atomic E-state index is 13.5. The summed E-state index contributed by atoms with van der Waals surface area (Å²) < 4.78 is 13.5. The van der Waals surface area contributed by atoms with Crippen molar-refractivity contribution in [1.82, 2.24) is 0 Å². The molecule has 0 aliphatic rings. The molecule has 0 aliphatic heterocycles. The maximum atomic E-state index is 13.5. The van der Waals surface area contributed by atoms with Crippen LogP contribution in [0.25, 0.3) is 6.08 Å². The first-order valence-corrected chi connectivity index (χ1v) is 6.44. The molecule has 102 valence electrons. The number of anilines is 1. The fourth-order valence-corrected chi connectivity index (χ4v) is 1.96. The van der Waals surface area contributed by atoms with Gasteiger partial charge in [-0.3, -0.25) is 4.79 Å².